The number of nitrogens with zero attached hydrogens (tertiary/aromatic N) is 3. The van der Waals surface area contributed by atoms with Crippen molar-refractivity contribution in [2.24, 2.45) is 0 Å². The summed E-state index contributed by atoms with van der Waals surface area (Å²) in [5, 5.41) is 11.6. The van der Waals surface area contributed by atoms with Gasteiger partial charge in [0.05, 0.1) is 29.9 Å². The maximum absolute atomic E-state index is 12.1. The molecule has 5 aromatic rings. The summed E-state index contributed by atoms with van der Waals surface area (Å²) in [6.45, 7) is 3.16. The molecule has 0 unspecified atom stereocenters. The molecule has 0 fully saturated rings. The number of benzene rings is 2. The molecule has 2 aromatic carbocycles. The molecule has 3 heterocycles. The molecular formula is C27H23N3O4. The predicted molar refractivity (Wildman–Crippen MR) is 131 cm³/mol. The predicted octanol–water partition coefficient (Wildman–Crippen LogP) is 5.43. The van der Waals surface area contributed by atoms with Crippen molar-refractivity contribution in [2.75, 3.05) is 13.2 Å². The van der Waals surface area contributed by atoms with E-state index in [9.17, 15) is 9.90 Å². The van der Waals surface area contributed by atoms with Gasteiger partial charge in [-0.15, -0.1) is 0 Å². The van der Waals surface area contributed by atoms with E-state index < -0.39 is 5.97 Å². The molecule has 0 aliphatic heterocycles. The van der Waals surface area contributed by atoms with Crippen LogP contribution in [0.25, 0.3) is 33.1 Å². The van der Waals surface area contributed by atoms with E-state index in [4.69, 9.17) is 9.47 Å². The quantitative estimate of drug-likeness (QED) is 0.337. The van der Waals surface area contributed by atoms with Crippen molar-refractivity contribution >= 4 is 27.8 Å². The number of carbonyl (C=O) groups is 1. The molecule has 0 radical (unpaired) electrons. The highest BCUT2D eigenvalue weighted by atomic mass is 16.5. The fourth-order valence-corrected chi connectivity index (χ4v) is 4.18. The first kappa shape index (κ1) is 21.5. The minimum absolute atomic E-state index is 0.188. The van der Waals surface area contributed by atoms with E-state index in [1.54, 1.807) is 23.0 Å². The van der Waals surface area contributed by atoms with Gasteiger partial charge in [0.1, 0.15) is 23.8 Å². The van der Waals surface area contributed by atoms with Crippen LogP contribution in [0.1, 0.15) is 17.4 Å². The minimum Gasteiger partial charge on any atom is -0.494 e. The average molecular weight is 453 g/mol. The second kappa shape index (κ2) is 9.23. The summed E-state index contributed by atoms with van der Waals surface area (Å²) < 4.78 is 13.4. The van der Waals surface area contributed by atoms with Gasteiger partial charge in [-0.25, -0.2) is 4.79 Å². The lowest BCUT2D eigenvalue weighted by molar-refractivity contribution is 0.0684. The molecular weight excluding hydrogens is 430 g/mol. The van der Waals surface area contributed by atoms with Gasteiger partial charge in [0.15, 0.2) is 0 Å². The van der Waals surface area contributed by atoms with Crippen molar-refractivity contribution in [3.63, 3.8) is 0 Å². The summed E-state index contributed by atoms with van der Waals surface area (Å²) in [5.74, 6) is 0.461. The van der Waals surface area contributed by atoms with E-state index in [0.29, 0.717) is 31.2 Å². The van der Waals surface area contributed by atoms with Crippen molar-refractivity contribution in [3.05, 3.63) is 84.8 Å². The van der Waals surface area contributed by atoms with E-state index in [2.05, 4.69) is 9.97 Å². The summed E-state index contributed by atoms with van der Waals surface area (Å²) in [6, 6.07) is 20.7. The van der Waals surface area contributed by atoms with Crippen molar-refractivity contribution in [1.82, 2.24) is 14.5 Å². The van der Waals surface area contributed by atoms with Crippen LogP contribution < -0.4 is 9.47 Å². The van der Waals surface area contributed by atoms with Crippen LogP contribution in [-0.4, -0.2) is 38.8 Å². The number of ether oxygens (including phenoxy) is 2. The molecule has 1 N–H and O–H groups in total. The van der Waals surface area contributed by atoms with Crippen LogP contribution in [0.4, 0.5) is 0 Å². The summed E-state index contributed by atoms with van der Waals surface area (Å²) in [6.07, 6.45) is 3.44. The lowest BCUT2D eigenvalue weighted by atomic mass is 10.1. The molecule has 0 amide bonds. The first-order valence-electron chi connectivity index (χ1n) is 11.1. The van der Waals surface area contributed by atoms with Gasteiger partial charge in [0.25, 0.3) is 0 Å². The highest BCUT2D eigenvalue weighted by Crippen LogP contribution is 2.31. The van der Waals surface area contributed by atoms with Gasteiger partial charge in [-0.05, 0) is 55.5 Å². The van der Waals surface area contributed by atoms with Gasteiger partial charge in [-0.3, -0.25) is 9.97 Å². The standard InChI is InChI=1S/C27H23N3O4/c1-2-33-19-7-3-6-18(16-19)26-21-17-24(27(31)32)30(23(21)11-13-29-26)14-15-34-25-10-4-9-22-20(25)8-5-12-28-22/h3-13,16-17H,2,14-15H2,1H3,(H,31,32). The zero-order chi connectivity index (χ0) is 23.5. The molecule has 0 saturated heterocycles. The lowest BCUT2D eigenvalue weighted by Gasteiger charge is -2.12. The molecule has 3 aromatic heterocycles. The maximum atomic E-state index is 12.1. The first-order chi connectivity index (χ1) is 16.7. The van der Waals surface area contributed by atoms with Crippen LogP contribution >= 0.6 is 0 Å². The van der Waals surface area contributed by atoms with Gasteiger partial charge in [-0.2, -0.15) is 0 Å². The molecule has 7 nitrogen and oxygen atoms in total. The number of fused-ring (bicyclic) bond motifs is 2. The Morgan fingerprint density at radius 1 is 0.941 bits per heavy atom. The van der Waals surface area contributed by atoms with Crippen LogP contribution in [0.3, 0.4) is 0 Å². The second-order valence-corrected chi connectivity index (χ2v) is 7.71. The Balaban J connectivity index is 1.48. The SMILES string of the molecule is CCOc1cccc(-c2nccc3c2cc(C(=O)O)n3CCOc2cccc3ncccc23)c1. The second-order valence-electron chi connectivity index (χ2n) is 7.71. The van der Waals surface area contributed by atoms with Crippen LogP contribution in [0.15, 0.2) is 79.1 Å². The summed E-state index contributed by atoms with van der Waals surface area (Å²) >= 11 is 0. The Morgan fingerprint density at radius 2 is 1.82 bits per heavy atom. The van der Waals surface area contributed by atoms with Crippen molar-refractivity contribution in [1.29, 1.82) is 0 Å². The number of aromatic nitrogens is 3. The number of pyridine rings is 2. The van der Waals surface area contributed by atoms with Gasteiger partial charge >= 0.3 is 5.97 Å². The average Bonchev–Trinajstić information content (AvgIpc) is 3.24. The Kier molecular flexibility index (Phi) is 5.82. The van der Waals surface area contributed by atoms with E-state index in [0.717, 1.165) is 33.1 Å². The lowest BCUT2D eigenvalue weighted by Crippen LogP contribution is -2.13. The molecule has 0 atom stereocenters. The van der Waals surface area contributed by atoms with Crippen LogP contribution in [0, 0.1) is 0 Å². The van der Waals surface area contributed by atoms with Gasteiger partial charge in [0, 0.05) is 28.7 Å². The number of hydrogen-bond acceptors (Lipinski definition) is 5. The first-order valence-corrected chi connectivity index (χ1v) is 11.1. The number of rotatable bonds is 8. The molecule has 0 saturated carbocycles. The Hall–Kier alpha value is -4.39. The third-order valence-electron chi connectivity index (χ3n) is 5.65. The molecule has 0 aliphatic carbocycles. The molecule has 0 spiro atoms. The van der Waals surface area contributed by atoms with Crippen LogP contribution in [0.5, 0.6) is 11.5 Å². The number of aromatic carboxylic acids is 1. The minimum atomic E-state index is -1.00. The monoisotopic (exact) mass is 453 g/mol. The molecule has 34 heavy (non-hydrogen) atoms. The Labute approximate surface area is 196 Å². The van der Waals surface area contributed by atoms with E-state index in [1.165, 1.54) is 0 Å². The summed E-state index contributed by atoms with van der Waals surface area (Å²) in [5.41, 5.74) is 3.40. The smallest absolute Gasteiger partial charge is 0.352 e. The van der Waals surface area contributed by atoms with Crippen LogP contribution in [-0.2, 0) is 6.54 Å². The normalized spacial score (nSPS) is 11.1. The zero-order valence-corrected chi connectivity index (χ0v) is 18.6. The zero-order valence-electron chi connectivity index (χ0n) is 18.6. The molecule has 170 valence electrons. The maximum Gasteiger partial charge on any atom is 0.352 e. The van der Waals surface area contributed by atoms with Gasteiger partial charge < -0.3 is 19.1 Å². The van der Waals surface area contributed by atoms with Gasteiger partial charge in [0.2, 0.25) is 0 Å². The summed E-state index contributed by atoms with van der Waals surface area (Å²) in [7, 11) is 0. The highest BCUT2D eigenvalue weighted by molar-refractivity contribution is 6.00. The van der Waals surface area contributed by atoms with Crippen molar-refractivity contribution < 1.29 is 19.4 Å². The topological polar surface area (TPSA) is 86.5 Å². The molecule has 0 aliphatic rings. The summed E-state index contributed by atoms with van der Waals surface area (Å²) in [4.78, 5) is 21.0. The van der Waals surface area contributed by atoms with Crippen LogP contribution in [0.2, 0.25) is 0 Å². The number of carboxylic acid groups (broad SMARTS) is 1. The third-order valence-corrected chi connectivity index (χ3v) is 5.65. The number of hydrogen-bond donors (Lipinski definition) is 1. The van der Waals surface area contributed by atoms with E-state index >= 15 is 0 Å². The highest BCUT2D eigenvalue weighted by Gasteiger charge is 2.18. The fraction of sp³-hybridized carbons (Fsp3) is 0.148. The Bertz CT molecular complexity index is 1490. The van der Waals surface area contributed by atoms with Gasteiger partial charge in [-0.1, -0.05) is 18.2 Å². The number of carboxylic acids is 1. The molecule has 0 bridgehead atoms. The van der Waals surface area contributed by atoms with E-state index in [1.807, 2.05) is 67.6 Å². The third kappa shape index (κ3) is 4.03. The largest absolute Gasteiger partial charge is 0.494 e. The fourth-order valence-electron chi connectivity index (χ4n) is 4.18. The molecule has 7 heteroatoms. The van der Waals surface area contributed by atoms with Crippen molar-refractivity contribution in [3.8, 4) is 22.8 Å². The molecule has 5 rings (SSSR count). The van der Waals surface area contributed by atoms with Crippen molar-refractivity contribution in [2.45, 2.75) is 13.5 Å². The Morgan fingerprint density at radius 3 is 2.68 bits per heavy atom. The van der Waals surface area contributed by atoms with E-state index in [-0.39, 0.29) is 5.69 Å².